The first-order chi connectivity index (χ1) is 11.2. The van der Waals surface area contributed by atoms with Gasteiger partial charge in [-0.15, -0.1) is 12.4 Å². The molecule has 3 aliphatic rings. The van der Waals surface area contributed by atoms with Gasteiger partial charge in [0.15, 0.2) is 17.3 Å². The molecule has 6 nitrogen and oxygen atoms in total. The highest BCUT2D eigenvalue weighted by atomic mass is 35.5. The normalized spacial score (nSPS) is 26.2. The van der Waals surface area contributed by atoms with E-state index in [0.717, 1.165) is 43.1 Å². The monoisotopic (exact) mass is 349 g/mol. The van der Waals surface area contributed by atoms with Crippen molar-refractivity contribution in [1.82, 2.24) is 10.1 Å². The maximum absolute atomic E-state index is 6.26. The summed E-state index contributed by atoms with van der Waals surface area (Å²) in [6.07, 6.45) is 4.06. The summed E-state index contributed by atoms with van der Waals surface area (Å²) in [5, 5.41) is 4.11. The van der Waals surface area contributed by atoms with Crippen molar-refractivity contribution in [3.05, 3.63) is 35.5 Å². The van der Waals surface area contributed by atoms with Crippen molar-refractivity contribution in [3.8, 4) is 11.5 Å². The molecule has 24 heavy (non-hydrogen) atoms. The average Bonchev–Trinajstić information content (AvgIpc) is 3.20. The number of ether oxygens (including phenoxy) is 2. The first-order valence-electron chi connectivity index (χ1n) is 8.25. The first-order valence-corrected chi connectivity index (χ1v) is 8.25. The van der Waals surface area contributed by atoms with Crippen molar-refractivity contribution in [2.45, 2.75) is 43.1 Å². The summed E-state index contributed by atoms with van der Waals surface area (Å²) in [7, 11) is 0. The third-order valence-corrected chi connectivity index (χ3v) is 5.23. The minimum Gasteiger partial charge on any atom is -0.486 e. The second-order valence-corrected chi connectivity index (χ2v) is 6.82. The van der Waals surface area contributed by atoms with Crippen molar-refractivity contribution in [2.24, 2.45) is 5.73 Å². The van der Waals surface area contributed by atoms with E-state index < -0.39 is 0 Å². The molecular weight excluding hydrogens is 330 g/mol. The number of benzene rings is 1. The predicted octanol–water partition coefficient (Wildman–Crippen LogP) is 2.87. The SMILES string of the molecule is Cl.NC1(c2noc(C3CC3c3ccc4c(c3)OCCO4)n2)CCC1. The molecule has 0 radical (unpaired) electrons. The Morgan fingerprint density at radius 3 is 2.62 bits per heavy atom. The fourth-order valence-electron chi connectivity index (χ4n) is 3.50. The molecule has 0 saturated heterocycles. The molecule has 1 aliphatic heterocycles. The molecule has 2 unspecified atom stereocenters. The lowest BCUT2D eigenvalue weighted by atomic mass is 9.77. The summed E-state index contributed by atoms with van der Waals surface area (Å²) in [6.45, 7) is 1.22. The summed E-state index contributed by atoms with van der Waals surface area (Å²) < 4.78 is 16.7. The summed E-state index contributed by atoms with van der Waals surface area (Å²) in [6, 6.07) is 6.17. The van der Waals surface area contributed by atoms with E-state index in [0.29, 0.717) is 30.9 Å². The van der Waals surface area contributed by atoms with Gasteiger partial charge in [-0.2, -0.15) is 4.98 Å². The zero-order valence-electron chi connectivity index (χ0n) is 13.2. The van der Waals surface area contributed by atoms with Crippen LogP contribution in [-0.4, -0.2) is 23.4 Å². The van der Waals surface area contributed by atoms with Crippen LogP contribution in [0.25, 0.3) is 0 Å². The molecule has 0 bridgehead atoms. The van der Waals surface area contributed by atoms with Crippen LogP contribution in [0.4, 0.5) is 0 Å². The van der Waals surface area contributed by atoms with Crippen molar-refractivity contribution in [1.29, 1.82) is 0 Å². The number of aromatic nitrogens is 2. The van der Waals surface area contributed by atoms with E-state index in [1.165, 1.54) is 5.56 Å². The number of nitrogens with two attached hydrogens (primary N) is 1. The first kappa shape index (κ1) is 15.7. The smallest absolute Gasteiger partial charge is 0.230 e. The molecular formula is C17H20ClN3O3. The molecule has 2 heterocycles. The van der Waals surface area contributed by atoms with Crippen LogP contribution in [0, 0.1) is 0 Å². The summed E-state index contributed by atoms with van der Waals surface area (Å²) in [5.74, 6) is 3.76. The maximum atomic E-state index is 6.26. The van der Waals surface area contributed by atoms with Crippen molar-refractivity contribution >= 4 is 12.4 Å². The fourth-order valence-corrected chi connectivity index (χ4v) is 3.50. The van der Waals surface area contributed by atoms with E-state index in [4.69, 9.17) is 19.7 Å². The predicted molar refractivity (Wildman–Crippen MR) is 88.8 cm³/mol. The van der Waals surface area contributed by atoms with E-state index in [1.54, 1.807) is 0 Å². The van der Waals surface area contributed by atoms with E-state index in [9.17, 15) is 0 Å². The van der Waals surface area contributed by atoms with Crippen LogP contribution in [0.2, 0.25) is 0 Å². The molecule has 2 aromatic rings. The second kappa shape index (κ2) is 5.63. The summed E-state index contributed by atoms with van der Waals surface area (Å²) in [5.41, 5.74) is 7.15. The third kappa shape index (κ3) is 2.45. The molecule has 2 fully saturated rings. The lowest BCUT2D eigenvalue weighted by Crippen LogP contribution is -2.44. The summed E-state index contributed by atoms with van der Waals surface area (Å²) in [4.78, 5) is 4.57. The molecule has 1 aromatic heterocycles. The highest BCUT2D eigenvalue weighted by Crippen LogP contribution is 2.55. The van der Waals surface area contributed by atoms with Crippen LogP contribution < -0.4 is 15.2 Å². The van der Waals surface area contributed by atoms with Gasteiger partial charge in [0, 0.05) is 5.92 Å². The Labute approximate surface area is 146 Å². The Kier molecular flexibility index (Phi) is 3.69. The lowest BCUT2D eigenvalue weighted by molar-refractivity contribution is 0.171. The van der Waals surface area contributed by atoms with E-state index in [-0.39, 0.29) is 17.9 Å². The highest BCUT2D eigenvalue weighted by Gasteiger charge is 2.46. The van der Waals surface area contributed by atoms with Crippen LogP contribution in [-0.2, 0) is 5.54 Å². The Morgan fingerprint density at radius 2 is 1.88 bits per heavy atom. The standard InChI is InChI=1S/C17H19N3O3.ClH/c18-17(4-1-5-17)16-19-15(23-20-16)12-9-11(12)10-2-3-13-14(8-10)22-7-6-21-13;/h2-3,8,11-12H,1,4-7,9,18H2;1H. The van der Waals surface area contributed by atoms with Crippen LogP contribution >= 0.6 is 12.4 Å². The molecule has 2 N–H and O–H groups in total. The van der Waals surface area contributed by atoms with Gasteiger partial charge in [0.1, 0.15) is 13.2 Å². The second-order valence-electron chi connectivity index (χ2n) is 6.82. The van der Waals surface area contributed by atoms with Crippen LogP contribution in [0.3, 0.4) is 0 Å². The van der Waals surface area contributed by atoms with Gasteiger partial charge in [0.2, 0.25) is 5.89 Å². The Balaban J connectivity index is 0.00000146. The van der Waals surface area contributed by atoms with Crippen LogP contribution in [0.1, 0.15) is 54.8 Å². The zero-order chi connectivity index (χ0) is 15.4. The van der Waals surface area contributed by atoms with Crippen molar-refractivity contribution < 1.29 is 14.0 Å². The zero-order valence-corrected chi connectivity index (χ0v) is 14.1. The fraction of sp³-hybridized carbons (Fsp3) is 0.529. The molecule has 7 heteroatoms. The minimum atomic E-state index is -0.358. The topological polar surface area (TPSA) is 83.4 Å². The molecule has 0 amide bonds. The van der Waals surface area contributed by atoms with E-state index >= 15 is 0 Å². The Bertz CT molecular complexity index is 759. The van der Waals surface area contributed by atoms with Gasteiger partial charge in [0.05, 0.1) is 5.54 Å². The average molecular weight is 350 g/mol. The minimum absolute atomic E-state index is 0. The van der Waals surface area contributed by atoms with Gasteiger partial charge in [-0.05, 0) is 49.3 Å². The Hall–Kier alpha value is -1.79. The number of halogens is 1. The van der Waals surface area contributed by atoms with Gasteiger partial charge in [0.25, 0.3) is 0 Å². The largest absolute Gasteiger partial charge is 0.486 e. The van der Waals surface area contributed by atoms with Gasteiger partial charge >= 0.3 is 0 Å². The quantitative estimate of drug-likeness (QED) is 0.917. The van der Waals surface area contributed by atoms with Gasteiger partial charge < -0.3 is 19.7 Å². The van der Waals surface area contributed by atoms with Crippen LogP contribution in [0.5, 0.6) is 11.5 Å². The highest BCUT2D eigenvalue weighted by molar-refractivity contribution is 5.85. The number of rotatable bonds is 3. The molecule has 128 valence electrons. The van der Waals surface area contributed by atoms with Crippen LogP contribution in [0.15, 0.2) is 22.7 Å². The lowest BCUT2D eigenvalue weighted by Gasteiger charge is -2.34. The molecule has 2 aliphatic carbocycles. The number of hydrogen-bond donors (Lipinski definition) is 1. The molecule has 1 aromatic carbocycles. The number of hydrogen-bond acceptors (Lipinski definition) is 6. The molecule has 5 rings (SSSR count). The molecule has 2 atom stereocenters. The van der Waals surface area contributed by atoms with Crippen molar-refractivity contribution in [2.75, 3.05) is 13.2 Å². The number of nitrogens with zero attached hydrogens (tertiary/aromatic N) is 2. The Morgan fingerprint density at radius 1 is 1.08 bits per heavy atom. The van der Waals surface area contributed by atoms with Gasteiger partial charge in [-0.25, -0.2) is 0 Å². The van der Waals surface area contributed by atoms with E-state index in [1.807, 2.05) is 6.07 Å². The molecule has 2 saturated carbocycles. The van der Waals surface area contributed by atoms with E-state index in [2.05, 4.69) is 22.3 Å². The molecule has 0 spiro atoms. The maximum Gasteiger partial charge on any atom is 0.230 e. The van der Waals surface area contributed by atoms with Crippen molar-refractivity contribution in [3.63, 3.8) is 0 Å². The van der Waals surface area contributed by atoms with Gasteiger partial charge in [-0.1, -0.05) is 11.2 Å². The van der Waals surface area contributed by atoms with Gasteiger partial charge in [-0.3, -0.25) is 0 Å². The summed E-state index contributed by atoms with van der Waals surface area (Å²) >= 11 is 0. The third-order valence-electron chi connectivity index (χ3n) is 5.23. The number of fused-ring (bicyclic) bond motifs is 1.